The van der Waals surface area contributed by atoms with Crippen LogP contribution in [0.2, 0.25) is 0 Å². The summed E-state index contributed by atoms with van der Waals surface area (Å²) in [4.78, 5) is 11.6. The lowest BCUT2D eigenvalue weighted by Crippen LogP contribution is -2.34. The zero-order valence-electron chi connectivity index (χ0n) is 16.4. The Hall–Kier alpha value is -0.690. The van der Waals surface area contributed by atoms with E-state index in [1.807, 2.05) is 0 Å². The van der Waals surface area contributed by atoms with Crippen molar-refractivity contribution in [3.63, 3.8) is 0 Å². The molecule has 24 heavy (non-hydrogen) atoms. The molecular weight excluding hydrogens is 310 g/mol. The third-order valence-corrected chi connectivity index (χ3v) is 3.85. The lowest BCUT2D eigenvalue weighted by Gasteiger charge is -2.31. The van der Waals surface area contributed by atoms with Crippen molar-refractivity contribution in [2.24, 2.45) is 16.6 Å². The Morgan fingerprint density at radius 1 is 1.04 bits per heavy atom. The third-order valence-electron chi connectivity index (χ3n) is 3.85. The quantitative estimate of drug-likeness (QED) is 0.384. The second-order valence-corrected chi connectivity index (χ2v) is 7.37. The largest absolute Gasteiger partial charge is 0.464 e. The minimum Gasteiger partial charge on any atom is -0.464 e. The fraction of sp³-hybridized carbons (Fsp3) is 0.944. The van der Waals surface area contributed by atoms with Crippen LogP contribution >= 0.6 is 0 Å². The van der Waals surface area contributed by atoms with Gasteiger partial charge in [0, 0.05) is 17.4 Å². The monoisotopic (exact) mass is 347 g/mol. The fourth-order valence-electron chi connectivity index (χ4n) is 1.94. The zero-order valence-corrected chi connectivity index (χ0v) is 16.4. The van der Waals surface area contributed by atoms with Gasteiger partial charge in [-0.15, -0.1) is 0 Å². The second-order valence-electron chi connectivity index (χ2n) is 7.37. The van der Waals surface area contributed by atoms with Crippen molar-refractivity contribution in [1.82, 2.24) is 0 Å². The normalized spacial score (nSPS) is 15.8. The van der Waals surface area contributed by atoms with Crippen molar-refractivity contribution in [3.8, 4) is 0 Å². The molecule has 144 valence electrons. The van der Waals surface area contributed by atoms with Gasteiger partial charge in [0.2, 0.25) is 0 Å². The van der Waals surface area contributed by atoms with Gasteiger partial charge in [-0.3, -0.25) is 0 Å². The molecule has 0 saturated carbocycles. The van der Waals surface area contributed by atoms with Crippen LogP contribution in [0, 0.1) is 10.8 Å². The number of ether oxygens (including phenoxy) is 4. The first-order valence-electron chi connectivity index (χ1n) is 8.83. The van der Waals surface area contributed by atoms with Gasteiger partial charge in [-0.05, 0) is 20.3 Å². The Kier molecular flexibility index (Phi) is 11.5. The molecule has 2 N–H and O–H groups in total. The molecule has 2 atom stereocenters. The summed E-state index contributed by atoms with van der Waals surface area (Å²) >= 11 is 0. The highest BCUT2D eigenvalue weighted by Crippen LogP contribution is 2.24. The molecule has 6 nitrogen and oxygen atoms in total. The first-order chi connectivity index (χ1) is 11.2. The number of carbonyl (C=O) groups is 1. The van der Waals surface area contributed by atoms with Crippen LogP contribution < -0.4 is 5.73 Å². The van der Waals surface area contributed by atoms with Gasteiger partial charge in [0.05, 0.1) is 39.6 Å². The molecule has 0 aliphatic heterocycles. The molecule has 0 bridgehead atoms. The number of hydrogen-bond acceptors (Lipinski definition) is 6. The maximum absolute atomic E-state index is 11.6. The lowest BCUT2D eigenvalue weighted by molar-refractivity contribution is -0.158. The molecule has 1 unspecified atom stereocenters. The number of rotatable bonds is 14. The number of carbonyl (C=O) groups excluding carboxylic acids is 1. The smallest absolute Gasteiger partial charge is 0.334 e. The molecule has 0 aromatic heterocycles. The van der Waals surface area contributed by atoms with E-state index < -0.39 is 6.10 Å². The Bertz CT molecular complexity index is 348. The van der Waals surface area contributed by atoms with Gasteiger partial charge in [-0.25, -0.2) is 4.79 Å². The van der Waals surface area contributed by atoms with E-state index >= 15 is 0 Å². The summed E-state index contributed by atoms with van der Waals surface area (Å²) in [6, 6.07) is 0. The Morgan fingerprint density at radius 3 is 2.21 bits per heavy atom. The van der Waals surface area contributed by atoms with Gasteiger partial charge in [0.25, 0.3) is 0 Å². The van der Waals surface area contributed by atoms with Crippen molar-refractivity contribution >= 4 is 5.97 Å². The molecule has 0 amide bonds. The molecule has 0 fully saturated rings. The van der Waals surface area contributed by atoms with Crippen molar-refractivity contribution in [1.29, 1.82) is 0 Å². The number of nitrogens with two attached hydrogens (primary N) is 1. The minimum absolute atomic E-state index is 0.0235. The van der Waals surface area contributed by atoms with E-state index in [0.717, 1.165) is 6.42 Å². The van der Waals surface area contributed by atoms with Crippen LogP contribution in [0.3, 0.4) is 0 Å². The molecule has 0 saturated heterocycles. The van der Waals surface area contributed by atoms with Gasteiger partial charge >= 0.3 is 5.97 Å². The Morgan fingerprint density at radius 2 is 1.67 bits per heavy atom. The zero-order chi connectivity index (χ0) is 18.6. The van der Waals surface area contributed by atoms with Crippen LogP contribution in [0.5, 0.6) is 0 Å². The van der Waals surface area contributed by atoms with E-state index in [4.69, 9.17) is 24.7 Å². The van der Waals surface area contributed by atoms with Gasteiger partial charge < -0.3 is 24.7 Å². The number of esters is 1. The summed E-state index contributed by atoms with van der Waals surface area (Å²) in [5.74, 6) is -0.329. The minimum atomic E-state index is -0.560. The maximum atomic E-state index is 11.6. The van der Waals surface area contributed by atoms with Gasteiger partial charge in [0.15, 0.2) is 6.10 Å². The molecule has 0 spiro atoms. The van der Waals surface area contributed by atoms with E-state index in [9.17, 15) is 4.79 Å². The van der Waals surface area contributed by atoms with Crippen LogP contribution in [-0.4, -0.2) is 58.3 Å². The summed E-state index contributed by atoms with van der Waals surface area (Å²) in [5.41, 5.74) is 5.24. The van der Waals surface area contributed by atoms with Crippen molar-refractivity contribution < 1.29 is 23.7 Å². The predicted molar refractivity (Wildman–Crippen MR) is 94.9 cm³/mol. The molecule has 0 aliphatic rings. The van der Waals surface area contributed by atoms with Crippen LogP contribution in [-0.2, 0) is 23.7 Å². The highest BCUT2D eigenvalue weighted by molar-refractivity contribution is 5.74. The highest BCUT2D eigenvalue weighted by Gasteiger charge is 2.27. The SMILES string of the molecule is CCOC(=O)[C@H](C)OCC(C)(C)COCC(C)(CC)COCCN. The molecule has 6 heteroatoms. The first-order valence-corrected chi connectivity index (χ1v) is 8.83. The second kappa shape index (κ2) is 11.8. The summed E-state index contributed by atoms with van der Waals surface area (Å²) < 4.78 is 22.0. The summed E-state index contributed by atoms with van der Waals surface area (Å²) in [6.07, 6.45) is 0.406. The third kappa shape index (κ3) is 10.2. The van der Waals surface area contributed by atoms with E-state index in [2.05, 4.69) is 27.7 Å². The molecule has 0 aliphatic carbocycles. The molecule has 0 aromatic rings. The van der Waals surface area contributed by atoms with Crippen molar-refractivity contribution in [3.05, 3.63) is 0 Å². The van der Waals surface area contributed by atoms with E-state index in [1.54, 1.807) is 13.8 Å². The van der Waals surface area contributed by atoms with Crippen LogP contribution in [0.15, 0.2) is 0 Å². The van der Waals surface area contributed by atoms with Crippen LogP contribution in [0.4, 0.5) is 0 Å². The molecule has 0 rings (SSSR count). The van der Waals surface area contributed by atoms with E-state index in [1.165, 1.54) is 0 Å². The highest BCUT2D eigenvalue weighted by atomic mass is 16.6. The first kappa shape index (κ1) is 23.3. The number of hydrogen-bond donors (Lipinski definition) is 1. The predicted octanol–water partition coefficient (Wildman–Crippen LogP) is 2.39. The summed E-state index contributed by atoms with van der Waals surface area (Å²) in [6.45, 7) is 15.6. The average molecular weight is 347 g/mol. The molecule has 0 heterocycles. The van der Waals surface area contributed by atoms with E-state index in [0.29, 0.717) is 46.2 Å². The maximum Gasteiger partial charge on any atom is 0.334 e. The summed E-state index contributed by atoms with van der Waals surface area (Å²) in [5, 5.41) is 0. The summed E-state index contributed by atoms with van der Waals surface area (Å²) in [7, 11) is 0. The van der Waals surface area contributed by atoms with Gasteiger partial charge in [-0.2, -0.15) is 0 Å². The molecule has 0 aromatic carbocycles. The topological polar surface area (TPSA) is 80.0 Å². The fourth-order valence-corrected chi connectivity index (χ4v) is 1.94. The molecule has 0 radical (unpaired) electrons. The van der Waals surface area contributed by atoms with Crippen LogP contribution in [0.25, 0.3) is 0 Å². The van der Waals surface area contributed by atoms with Gasteiger partial charge in [0.1, 0.15) is 0 Å². The lowest BCUT2D eigenvalue weighted by atomic mass is 9.89. The molecular formula is C18H37NO5. The Balaban J connectivity index is 4.19. The Labute approximate surface area is 147 Å². The standard InChI is InChI=1S/C18H37NO5/c1-7-18(6,13-21-10-9-19)14-22-11-17(4,5)12-24-15(3)16(20)23-8-2/h15H,7-14,19H2,1-6H3/t15-,18?/m0/s1. The van der Waals surface area contributed by atoms with Crippen molar-refractivity contribution in [2.45, 2.75) is 54.1 Å². The van der Waals surface area contributed by atoms with Gasteiger partial charge in [-0.1, -0.05) is 27.7 Å². The average Bonchev–Trinajstić information content (AvgIpc) is 2.53. The van der Waals surface area contributed by atoms with Crippen LogP contribution in [0.1, 0.15) is 48.0 Å². The van der Waals surface area contributed by atoms with Crippen molar-refractivity contribution in [2.75, 3.05) is 46.2 Å². The van der Waals surface area contributed by atoms with E-state index in [-0.39, 0.29) is 16.8 Å².